The number of Topliss-reactive ketones (excluding diaryl/α,β-unsaturated/α-hetero) is 1. The number of aromatic nitrogens is 2. The Balaban J connectivity index is 1.66. The second-order valence-corrected chi connectivity index (χ2v) is 8.01. The molecule has 1 N–H and O–H groups in total. The van der Waals surface area contributed by atoms with Crippen LogP contribution in [0.2, 0.25) is 0 Å². The van der Waals surface area contributed by atoms with E-state index in [-0.39, 0.29) is 35.9 Å². The van der Waals surface area contributed by atoms with Crippen LogP contribution in [0.25, 0.3) is 0 Å². The SMILES string of the molecule is CCC(CC(=O)c1cnn2c1NC(c1ccccc1)CC2C(F)(F)F)c1ccccc1F. The lowest BCUT2D eigenvalue weighted by Crippen LogP contribution is -2.36. The van der Waals surface area contributed by atoms with Crippen LogP contribution in [0.5, 0.6) is 0 Å². The number of ketones is 1. The molecule has 0 fully saturated rings. The van der Waals surface area contributed by atoms with Crippen molar-refractivity contribution in [3.8, 4) is 0 Å². The van der Waals surface area contributed by atoms with Crippen LogP contribution in [0.3, 0.4) is 0 Å². The largest absolute Gasteiger partial charge is 0.410 e. The molecule has 4 nitrogen and oxygen atoms in total. The van der Waals surface area contributed by atoms with Gasteiger partial charge in [-0.15, -0.1) is 0 Å². The first-order valence-corrected chi connectivity index (χ1v) is 10.5. The highest BCUT2D eigenvalue weighted by Crippen LogP contribution is 2.44. The monoisotopic (exact) mass is 445 g/mol. The molecule has 3 atom stereocenters. The van der Waals surface area contributed by atoms with Crippen LogP contribution in [-0.2, 0) is 0 Å². The molecule has 1 aliphatic rings. The van der Waals surface area contributed by atoms with Crippen molar-refractivity contribution < 1.29 is 22.4 Å². The fourth-order valence-electron chi connectivity index (χ4n) is 4.28. The number of anilines is 1. The standard InChI is InChI=1S/C24H23F4N3O/c1-2-15(17-10-6-7-11-19(17)25)12-21(32)18-14-29-31-22(24(26,27)28)13-20(30-23(18)31)16-8-4-3-5-9-16/h3-11,14-15,20,22,30H,2,12-13H2,1H3. The highest BCUT2D eigenvalue weighted by Gasteiger charge is 2.47. The molecule has 2 aromatic carbocycles. The molecule has 0 aliphatic carbocycles. The number of hydrogen-bond donors (Lipinski definition) is 1. The highest BCUT2D eigenvalue weighted by atomic mass is 19.4. The summed E-state index contributed by atoms with van der Waals surface area (Å²) >= 11 is 0. The molecule has 0 spiro atoms. The quantitative estimate of drug-likeness (QED) is 0.350. The van der Waals surface area contributed by atoms with Gasteiger partial charge in [-0.1, -0.05) is 55.5 Å². The Kier molecular flexibility index (Phi) is 6.04. The molecular weight excluding hydrogens is 422 g/mol. The molecule has 3 unspecified atom stereocenters. The van der Waals surface area contributed by atoms with Crippen molar-refractivity contribution in [1.82, 2.24) is 9.78 Å². The topological polar surface area (TPSA) is 46.9 Å². The van der Waals surface area contributed by atoms with Gasteiger partial charge in [-0.2, -0.15) is 18.3 Å². The average molecular weight is 445 g/mol. The minimum absolute atomic E-state index is 0.0233. The van der Waals surface area contributed by atoms with E-state index in [4.69, 9.17) is 0 Å². The maximum absolute atomic E-state index is 14.2. The fraction of sp³-hybridized carbons (Fsp3) is 0.333. The van der Waals surface area contributed by atoms with Gasteiger partial charge in [0.15, 0.2) is 11.8 Å². The zero-order valence-corrected chi connectivity index (χ0v) is 17.4. The Hall–Kier alpha value is -3.16. The Morgan fingerprint density at radius 3 is 2.50 bits per heavy atom. The number of nitrogens with one attached hydrogen (secondary N) is 1. The smallest absolute Gasteiger partial charge is 0.363 e. The number of rotatable bonds is 6. The molecule has 3 aromatic rings. The van der Waals surface area contributed by atoms with E-state index in [1.165, 1.54) is 12.3 Å². The first-order chi connectivity index (χ1) is 15.3. The van der Waals surface area contributed by atoms with Gasteiger partial charge in [0, 0.05) is 12.8 Å². The molecule has 168 valence electrons. The Labute approximate surface area is 183 Å². The zero-order valence-electron chi connectivity index (χ0n) is 17.4. The van der Waals surface area contributed by atoms with E-state index in [9.17, 15) is 22.4 Å². The number of hydrogen-bond acceptors (Lipinski definition) is 3. The van der Waals surface area contributed by atoms with Crippen molar-refractivity contribution in [2.75, 3.05) is 5.32 Å². The minimum Gasteiger partial charge on any atom is -0.363 e. The molecular formula is C24H23F4N3O. The molecule has 0 bridgehead atoms. The molecule has 32 heavy (non-hydrogen) atoms. The number of nitrogens with zero attached hydrogens (tertiary/aromatic N) is 2. The third-order valence-corrected chi connectivity index (χ3v) is 6.01. The summed E-state index contributed by atoms with van der Waals surface area (Å²) in [6.45, 7) is 1.85. The Morgan fingerprint density at radius 2 is 1.84 bits per heavy atom. The summed E-state index contributed by atoms with van der Waals surface area (Å²) in [6.07, 6.45) is -3.07. The summed E-state index contributed by atoms with van der Waals surface area (Å²) in [7, 11) is 0. The number of halogens is 4. The minimum atomic E-state index is -4.52. The molecule has 0 saturated heterocycles. The second kappa shape index (κ2) is 8.76. The van der Waals surface area contributed by atoms with E-state index in [2.05, 4.69) is 10.4 Å². The number of carbonyl (C=O) groups excluding carboxylic acids is 1. The molecule has 0 amide bonds. The molecule has 8 heteroatoms. The van der Waals surface area contributed by atoms with Crippen molar-refractivity contribution in [2.24, 2.45) is 0 Å². The number of carbonyl (C=O) groups is 1. The van der Waals surface area contributed by atoms with Crippen molar-refractivity contribution >= 4 is 11.6 Å². The lowest BCUT2D eigenvalue weighted by atomic mass is 9.89. The van der Waals surface area contributed by atoms with Gasteiger partial charge >= 0.3 is 6.18 Å². The molecule has 4 rings (SSSR count). The average Bonchev–Trinajstić information content (AvgIpc) is 3.21. The summed E-state index contributed by atoms with van der Waals surface area (Å²) in [4.78, 5) is 13.1. The van der Waals surface area contributed by atoms with Gasteiger partial charge < -0.3 is 5.32 Å². The summed E-state index contributed by atoms with van der Waals surface area (Å²) in [5, 5.41) is 7.01. The van der Waals surface area contributed by atoms with Crippen LogP contribution in [0.4, 0.5) is 23.4 Å². The van der Waals surface area contributed by atoms with Gasteiger partial charge in [0.1, 0.15) is 11.6 Å². The molecule has 0 radical (unpaired) electrons. The van der Waals surface area contributed by atoms with Crippen LogP contribution in [0, 0.1) is 5.82 Å². The first kappa shape index (κ1) is 22.0. The first-order valence-electron chi connectivity index (χ1n) is 10.5. The predicted octanol–water partition coefficient (Wildman–Crippen LogP) is 6.45. The van der Waals surface area contributed by atoms with Crippen molar-refractivity contribution in [3.05, 3.63) is 83.3 Å². The lowest BCUT2D eigenvalue weighted by molar-refractivity contribution is -0.173. The zero-order chi connectivity index (χ0) is 22.9. The summed E-state index contributed by atoms with van der Waals surface area (Å²) in [6, 6.07) is 12.6. The summed E-state index contributed by atoms with van der Waals surface area (Å²) < 4.78 is 56.6. The Bertz CT molecular complexity index is 1090. The molecule has 1 aromatic heterocycles. The van der Waals surface area contributed by atoms with Crippen LogP contribution in [0.15, 0.2) is 60.8 Å². The van der Waals surface area contributed by atoms with E-state index < -0.39 is 24.1 Å². The maximum Gasteiger partial charge on any atom is 0.410 e. The fourth-order valence-corrected chi connectivity index (χ4v) is 4.28. The van der Waals surface area contributed by atoms with Crippen molar-refractivity contribution in [3.63, 3.8) is 0 Å². The van der Waals surface area contributed by atoms with Crippen molar-refractivity contribution in [1.29, 1.82) is 0 Å². The van der Waals surface area contributed by atoms with E-state index in [0.717, 1.165) is 4.68 Å². The van der Waals surface area contributed by atoms with Crippen LogP contribution in [0.1, 0.15) is 65.7 Å². The van der Waals surface area contributed by atoms with E-state index in [1.807, 2.05) is 6.92 Å². The maximum atomic E-state index is 14.2. The van der Waals surface area contributed by atoms with Gasteiger partial charge in [-0.05, 0) is 29.5 Å². The second-order valence-electron chi connectivity index (χ2n) is 8.01. The highest BCUT2D eigenvalue weighted by molar-refractivity contribution is 6.01. The predicted molar refractivity (Wildman–Crippen MR) is 113 cm³/mol. The van der Waals surface area contributed by atoms with Crippen LogP contribution < -0.4 is 5.32 Å². The van der Waals surface area contributed by atoms with Crippen LogP contribution in [-0.4, -0.2) is 21.7 Å². The van der Waals surface area contributed by atoms with Gasteiger partial charge in [0.05, 0.1) is 17.8 Å². The summed E-state index contributed by atoms with van der Waals surface area (Å²) in [5.74, 6) is -1.10. The number of benzene rings is 2. The number of fused-ring (bicyclic) bond motifs is 1. The van der Waals surface area contributed by atoms with E-state index in [1.54, 1.807) is 48.5 Å². The van der Waals surface area contributed by atoms with Gasteiger partial charge in [0.25, 0.3) is 0 Å². The third-order valence-electron chi connectivity index (χ3n) is 6.01. The van der Waals surface area contributed by atoms with E-state index in [0.29, 0.717) is 17.5 Å². The number of alkyl halides is 3. The van der Waals surface area contributed by atoms with Crippen molar-refractivity contribution in [2.45, 2.75) is 50.4 Å². The Morgan fingerprint density at radius 1 is 1.16 bits per heavy atom. The van der Waals surface area contributed by atoms with E-state index >= 15 is 0 Å². The van der Waals surface area contributed by atoms with Gasteiger partial charge in [-0.25, -0.2) is 9.07 Å². The summed E-state index contributed by atoms with van der Waals surface area (Å²) in [5.41, 5.74) is 1.22. The lowest BCUT2D eigenvalue weighted by Gasteiger charge is -2.34. The molecule has 2 heterocycles. The molecule has 0 saturated carbocycles. The normalized spacial score (nSPS) is 19.2. The van der Waals surface area contributed by atoms with Crippen LogP contribution >= 0.6 is 0 Å². The van der Waals surface area contributed by atoms with Gasteiger partial charge in [0.2, 0.25) is 0 Å². The molecule has 1 aliphatic heterocycles. The third kappa shape index (κ3) is 4.26. The van der Waals surface area contributed by atoms with Gasteiger partial charge in [-0.3, -0.25) is 4.79 Å².